The summed E-state index contributed by atoms with van der Waals surface area (Å²) in [6.07, 6.45) is 0.976. The molecule has 1 amide bonds. The number of likely N-dealkylation sites (N-methyl/N-ethyl adjacent to an activating group) is 1. The van der Waals surface area contributed by atoms with Crippen LogP contribution in [0.15, 0.2) is 11.6 Å². The van der Waals surface area contributed by atoms with Crippen LogP contribution in [0.4, 0.5) is 9.18 Å². The van der Waals surface area contributed by atoms with Gasteiger partial charge in [0.2, 0.25) is 0 Å². The Hall–Kier alpha value is -1.21. The van der Waals surface area contributed by atoms with Crippen molar-refractivity contribution < 1.29 is 13.9 Å². The van der Waals surface area contributed by atoms with E-state index in [1.165, 1.54) is 4.90 Å². The molecule has 0 N–H and O–H groups in total. The van der Waals surface area contributed by atoms with E-state index in [0.29, 0.717) is 26.1 Å². The Labute approximate surface area is 135 Å². The molecule has 1 aromatic heterocycles. The van der Waals surface area contributed by atoms with Crippen molar-refractivity contribution in [1.82, 2.24) is 14.8 Å². The minimum atomic E-state index is -0.850. The molecule has 0 radical (unpaired) electrons. The van der Waals surface area contributed by atoms with Crippen LogP contribution in [0.25, 0.3) is 0 Å². The number of carbonyl (C=O) groups is 1. The lowest BCUT2D eigenvalue weighted by Crippen LogP contribution is -2.42. The molecule has 1 saturated heterocycles. The summed E-state index contributed by atoms with van der Waals surface area (Å²) in [6.45, 7) is 6.99. The minimum absolute atomic E-state index is 0.00332. The Morgan fingerprint density at radius 1 is 1.59 bits per heavy atom. The van der Waals surface area contributed by atoms with E-state index < -0.39 is 11.8 Å². The van der Waals surface area contributed by atoms with Gasteiger partial charge in [-0.2, -0.15) is 0 Å². The number of likely N-dealkylation sites (tertiary alicyclic amines) is 1. The Morgan fingerprint density at radius 3 is 2.91 bits per heavy atom. The number of rotatable bonds is 4. The van der Waals surface area contributed by atoms with Crippen LogP contribution in [0.1, 0.15) is 32.2 Å². The molecule has 0 bridgehead atoms. The zero-order valence-electron chi connectivity index (χ0n) is 13.6. The van der Waals surface area contributed by atoms with E-state index in [1.807, 2.05) is 26.2 Å². The average molecular weight is 329 g/mol. The summed E-state index contributed by atoms with van der Waals surface area (Å²) < 4.78 is 19.1. The van der Waals surface area contributed by atoms with Crippen LogP contribution < -0.4 is 0 Å². The first kappa shape index (κ1) is 17.1. The molecule has 1 aliphatic rings. The van der Waals surface area contributed by atoms with Gasteiger partial charge >= 0.3 is 6.09 Å². The number of alkyl halides is 1. The number of carbonyl (C=O) groups excluding carboxylic acids is 1. The minimum Gasteiger partial charge on any atom is -0.444 e. The highest BCUT2D eigenvalue weighted by molar-refractivity contribution is 7.09. The van der Waals surface area contributed by atoms with Gasteiger partial charge in [0.25, 0.3) is 0 Å². The average Bonchev–Trinajstić information content (AvgIpc) is 2.98. The van der Waals surface area contributed by atoms with E-state index in [4.69, 9.17) is 4.74 Å². The van der Waals surface area contributed by atoms with Gasteiger partial charge in [0.15, 0.2) is 0 Å². The fraction of sp³-hybridized carbons (Fsp3) is 0.733. The van der Waals surface area contributed by atoms with Crippen molar-refractivity contribution in [2.24, 2.45) is 0 Å². The zero-order valence-corrected chi connectivity index (χ0v) is 14.4. The molecular weight excluding hydrogens is 305 g/mol. The SMILES string of the molecule is CN(C[C@@H]1C[C@H](F)CN1Cc1nccs1)C(=O)OC(C)(C)C. The molecule has 0 saturated carbocycles. The number of halogens is 1. The van der Waals surface area contributed by atoms with Crippen molar-refractivity contribution >= 4 is 17.4 Å². The monoisotopic (exact) mass is 329 g/mol. The van der Waals surface area contributed by atoms with Gasteiger partial charge in [-0.05, 0) is 27.2 Å². The molecule has 0 unspecified atom stereocenters. The molecule has 22 heavy (non-hydrogen) atoms. The molecule has 2 atom stereocenters. The number of hydrogen-bond donors (Lipinski definition) is 0. The van der Waals surface area contributed by atoms with Crippen LogP contribution in [-0.4, -0.2) is 58.8 Å². The summed E-state index contributed by atoms with van der Waals surface area (Å²) in [7, 11) is 1.70. The summed E-state index contributed by atoms with van der Waals surface area (Å²) in [5.41, 5.74) is -0.524. The maximum absolute atomic E-state index is 13.8. The molecule has 0 spiro atoms. The smallest absolute Gasteiger partial charge is 0.410 e. The number of amides is 1. The van der Waals surface area contributed by atoms with E-state index in [9.17, 15) is 9.18 Å². The number of ether oxygens (including phenoxy) is 1. The van der Waals surface area contributed by atoms with Gasteiger partial charge in [-0.25, -0.2) is 14.2 Å². The van der Waals surface area contributed by atoms with Crippen molar-refractivity contribution in [1.29, 1.82) is 0 Å². The van der Waals surface area contributed by atoms with Crippen LogP contribution in [0.2, 0.25) is 0 Å². The molecule has 1 aromatic rings. The molecular formula is C15H24FN3O2S. The fourth-order valence-electron chi connectivity index (χ4n) is 2.54. The predicted molar refractivity (Wildman–Crippen MR) is 84.7 cm³/mol. The second kappa shape index (κ2) is 6.91. The second-order valence-corrected chi connectivity index (χ2v) is 7.68. The summed E-state index contributed by atoms with van der Waals surface area (Å²) >= 11 is 1.57. The van der Waals surface area contributed by atoms with Gasteiger partial charge in [0.05, 0.1) is 6.54 Å². The maximum atomic E-state index is 13.8. The largest absolute Gasteiger partial charge is 0.444 e. The van der Waals surface area contributed by atoms with Crippen LogP contribution in [-0.2, 0) is 11.3 Å². The van der Waals surface area contributed by atoms with Gasteiger partial charge in [-0.15, -0.1) is 11.3 Å². The van der Waals surface area contributed by atoms with E-state index in [1.54, 1.807) is 24.6 Å². The standard InChI is InChI=1S/C15H24FN3O2S/c1-15(2,3)21-14(20)18(4)9-12-7-11(16)8-19(12)10-13-17-5-6-22-13/h5-6,11-12H,7-10H2,1-4H3/t11-,12-/m0/s1. The number of nitrogens with zero attached hydrogens (tertiary/aromatic N) is 3. The zero-order chi connectivity index (χ0) is 16.3. The van der Waals surface area contributed by atoms with Crippen molar-refractivity contribution in [2.45, 2.75) is 51.6 Å². The highest BCUT2D eigenvalue weighted by Gasteiger charge is 2.34. The van der Waals surface area contributed by atoms with Gasteiger partial charge in [0, 0.05) is 37.8 Å². The third-order valence-corrected chi connectivity index (χ3v) is 4.25. The lowest BCUT2D eigenvalue weighted by Gasteiger charge is -2.29. The third-order valence-electron chi connectivity index (χ3n) is 3.49. The second-order valence-electron chi connectivity index (χ2n) is 6.70. The summed E-state index contributed by atoms with van der Waals surface area (Å²) in [5, 5.41) is 2.89. The van der Waals surface area contributed by atoms with E-state index in [0.717, 1.165) is 5.01 Å². The highest BCUT2D eigenvalue weighted by Crippen LogP contribution is 2.24. The van der Waals surface area contributed by atoms with Gasteiger partial charge < -0.3 is 9.64 Å². The molecule has 5 nitrogen and oxygen atoms in total. The maximum Gasteiger partial charge on any atom is 0.410 e. The lowest BCUT2D eigenvalue weighted by atomic mass is 10.2. The van der Waals surface area contributed by atoms with Crippen molar-refractivity contribution in [3.05, 3.63) is 16.6 Å². The molecule has 7 heteroatoms. The Morgan fingerprint density at radius 2 is 2.32 bits per heavy atom. The van der Waals surface area contributed by atoms with Crippen LogP contribution in [0, 0.1) is 0 Å². The number of aromatic nitrogens is 1. The number of thiazole rings is 1. The Kier molecular flexibility index (Phi) is 5.39. The Bertz CT molecular complexity index is 489. The van der Waals surface area contributed by atoms with Crippen LogP contribution in [0.5, 0.6) is 0 Å². The Balaban J connectivity index is 1.92. The lowest BCUT2D eigenvalue weighted by molar-refractivity contribution is 0.0256. The van der Waals surface area contributed by atoms with E-state index in [-0.39, 0.29) is 12.1 Å². The molecule has 124 valence electrons. The number of hydrogen-bond acceptors (Lipinski definition) is 5. The first-order valence-corrected chi connectivity index (χ1v) is 8.33. The molecule has 2 heterocycles. The first-order chi connectivity index (χ1) is 10.2. The van der Waals surface area contributed by atoms with E-state index >= 15 is 0 Å². The predicted octanol–water partition coefficient (Wildman–Crippen LogP) is 2.92. The quantitative estimate of drug-likeness (QED) is 0.852. The van der Waals surface area contributed by atoms with Crippen molar-refractivity contribution in [3.8, 4) is 0 Å². The molecule has 1 aliphatic heterocycles. The molecule has 0 aromatic carbocycles. The third kappa shape index (κ3) is 4.91. The molecule has 1 fully saturated rings. The van der Waals surface area contributed by atoms with Gasteiger partial charge in [0.1, 0.15) is 16.8 Å². The molecule has 0 aliphatic carbocycles. The fourth-order valence-corrected chi connectivity index (χ4v) is 3.18. The highest BCUT2D eigenvalue weighted by atomic mass is 32.1. The van der Waals surface area contributed by atoms with Crippen molar-refractivity contribution in [3.63, 3.8) is 0 Å². The summed E-state index contributed by atoms with van der Waals surface area (Å²) in [6, 6.07) is -0.00332. The van der Waals surface area contributed by atoms with Gasteiger partial charge in [-0.1, -0.05) is 0 Å². The molecule has 2 rings (SSSR count). The van der Waals surface area contributed by atoms with E-state index in [2.05, 4.69) is 9.88 Å². The van der Waals surface area contributed by atoms with Crippen LogP contribution >= 0.6 is 11.3 Å². The van der Waals surface area contributed by atoms with Gasteiger partial charge in [-0.3, -0.25) is 4.90 Å². The summed E-state index contributed by atoms with van der Waals surface area (Å²) in [5.74, 6) is 0. The topological polar surface area (TPSA) is 45.7 Å². The first-order valence-electron chi connectivity index (χ1n) is 7.45. The van der Waals surface area contributed by atoms with Crippen molar-refractivity contribution in [2.75, 3.05) is 20.1 Å². The van der Waals surface area contributed by atoms with Crippen LogP contribution in [0.3, 0.4) is 0 Å². The normalized spacial score (nSPS) is 22.8. The summed E-state index contributed by atoms with van der Waals surface area (Å²) in [4.78, 5) is 19.9.